The van der Waals surface area contributed by atoms with Crippen LogP contribution in [0.2, 0.25) is 0 Å². The van der Waals surface area contributed by atoms with Crippen LogP contribution in [0.25, 0.3) is 0 Å². The molecule has 0 spiro atoms. The van der Waals surface area contributed by atoms with Crippen molar-refractivity contribution in [2.75, 3.05) is 19.0 Å². The maximum Gasteiger partial charge on any atom is 0.155 e. The van der Waals surface area contributed by atoms with E-state index >= 15 is 0 Å². The second-order valence-electron chi connectivity index (χ2n) is 6.60. The summed E-state index contributed by atoms with van der Waals surface area (Å²) in [6, 6.07) is 0. The molecule has 2 N–H and O–H groups in total. The van der Waals surface area contributed by atoms with Crippen molar-refractivity contribution in [3.8, 4) is 0 Å². The molecule has 0 amide bonds. The molecule has 0 atom stereocenters. The van der Waals surface area contributed by atoms with Gasteiger partial charge in [-0.2, -0.15) is 0 Å². The number of sulfone groups is 1. The highest BCUT2D eigenvalue weighted by Crippen LogP contribution is 2.31. The fourth-order valence-electron chi connectivity index (χ4n) is 1.96. The van der Waals surface area contributed by atoms with Crippen LogP contribution in [0, 0.1) is 11.3 Å². The highest BCUT2D eigenvalue weighted by atomic mass is 32.2. The van der Waals surface area contributed by atoms with Crippen LogP contribution in [-0.2, 0) is 9.84 Å². The molecule has 0 aromatic rings. The Kier molecular flexibility index (Phi) is 6.30. The average Bonchev–Trinajstić information content (AvgIpc) is 2.22. The van der Waals surface area contributed by atoms with Crippen LogP contribution in [0.5, 0.6) is 0 Å². The van der Waals surface area contributed by atoms with E-state index in [2.05, 4.69) is 0 Å². The first-order valence-electron chi connectivity index (χ1n) is 6.44. The van der Waals surface area contributed by atoms with Crippen molar-refractivity contribution in [1.82, 2.24) is 0 Å². The predicted octanol–water partition coefficient (Wildman–Crippen LogP) is 1.61. The highest BCUT2D eigenvalue weighted by molar-refractivity contribution is 7.92. The van der Waals surface area contributed by atoms with Gasteiger partial charge >= 0.3 is 0 Å². The molecule has 0 bridgehead atoms. The van der Waals surface area contributed by atoms with E-state index in [-0.39, 0.29) is 19.0 Å². The zero-order valence-corrected chi connectivity index (χ0v) is 13.0. The molecule has 110 valence electrons. The maximum atomic E-state index is 12.1. The van der Waals surface area contributed by atoms with Gasteiger partial charge in [0.05, 0.1) is 23.7 Å². The molecule has 0 unspecified atom stereocenters. The van der Waals surface area contributed by atoms with Crippen molar-refractivity contribution < 1.29 is 18.6 Å². The molecular weight excluding hydrogens is 252 g/mol. The molecular formula is C13H28O4S. The zero-order chi connectivity index (χ0) is 14.6. The highest BCUT2D eigenvalue weighted by Gasteiger charge is 2.35. The van der Waals surface area contributed by atoms with Gasteiger partial charge in [0.1, 0.15) is 0 Å². The molecule has 0 saturated heterocycles. The van der Waals surface area contributed by atoms with Gasteiger partial charge in [-0.3, -0.25) is 0 Å². The standard InChI is InChI=1S/C13H28O4S/c1-11(2)8-13(9-14,10-15)6-7-18(16,17)12(3,4)5/h11,14-15H,6-10H2,1-5H3. The van der Waals surface area contributed by atoms with E-state index in [1.165, 1.54) is 0 Å². The fourth-order valence-corrected chi connectivity index (χ4v) is 3.28. The van der Waals surface area contributed by atoms with E-state index in [0.29, 0.717) is 18.8 Å². The number of hydrogen-bond donors (Lipinski definition) is 2. The largest absolute Gasteiger partial charge is 0.396 e. The number of aliphatic hydroxyl groups is 2. The Hall–Kier alpha value is -0.130. The molecule has 0 radical (unpaired) electrons. The molecule has 0 aliphatic rings. The summed E-state index contributed by atoms with van der Waals surface area (Å²) in [7, 11) is -3.21. The lowest BCUT2D eigenvalue weighted by molar-refractivity contribution is 0.0342. The summed E-state index contributed by atoms with van der Waals surface area (Å²) in [5, 5.41) is 18.9. The first-order valence-corrected chi connectivity index (χ1v) is 8.09. The van der Waals surface area contributed by atoms with E-state index < -0.39 is 20.0 Å². The lowest BCUT2D eigenvalue weighted by Gasteiger charge is -2.32. The summed E-state index contributed by atoms with van der Waals surface area (Å²) in [6.45, 7) is 8.65. The molecule has 0 saturated carbocycles. The Balaban J connectivity index is 4.84. The SMILES string of the molecule is CC(C)CC(CO)(CO)CCS(=O)(=O)C(C)(C)C. The third kappa shape index (κ3) is 4.86. The third-order valence-electron chi connectivity index (χ3n) is 3.35. The minimum absolute atomic E-state index is 0.00431. The van der Waals surface area contributed by atoms with Gasteiger partial charge in [-0.15, -0.1) is 0 Å². The van der Waals surface area contributed by atoms with Crippen molar-refractivity contribution in [3.05, 3.63) is 0 Å². The average molecular weight is 280 g/mol. The van der Waals surface area contributed by atoms with Crippen molar-refractivity contribution >= 4 is 9.84 Å². The first kappa shape index (κ1) is 17.9. The molecule has 0 aliphatic heterocycles. The molecule has 0 rings (SSSR count). The third-order valence-corrected chi connectivity index (χ3v) is 5.95. The van der Waals surface area contributed by atoms with Gasteiger partial charge in [0, 0.05) is 5.41 Å². The van der Waals surface area contributed by atoms with Crippen LogP contribution in [0.3, 0.4) is 0 Å². The van der Waals surface area contributed by atoms with Crippen LogP contribution in [0.15, 0.2) is 0 Å². The predicted molar refractivity (Wildman–Crippen MR) is 74.2 cm³/mol. The minimum atomic E-state index is -3.21. The fraction of sp³-hybridized carbons (Fsp3) is 1.00. The van der Waals surface area contributed by atoms with Gasteiger partial charge in [-0.05, 0) is 39.5 Å². The Morgan fingerprint density at radius 2 is 1.50 bits per heavy atom. The Bertz CT molecular complexity index is 334. The maximum absolute atomic E-state index is 12.1. The van der Waals surface area contributed by atoms with Crippen LogP contribution < -0.4 is 0 Å². The van der Waals surface area contributed by atoms with E-state index in [0.717, 1.165) is 0 Å². The molecule has 0 aromatic heterocycles. The molecule has 5 heteroatoms. The molecule has 0 fully saturated rings. The normalized spacial score (nSPS) is 14.2. The monoisotopic (exact) mass is 280 g/mol. The Morgan fingerprint density at radius 3 is 1.78 bits per heavy atom. The van der Waals surface area contributed by atoms with Gasteiger partial charge in [-0.1, -0.05) is 13.8 Å². The van der Waals surface area contributed by atoms with Crippen LogP contribution >= 0.6 is 0 Å². The van der Waals surface area contributed by atoms with Gasteiger partial charge in [0.15, 0.2) is 9.84 Å². The number of hydrogen-bond acceptors (Lipinski definition) is 4. The Morgan fingerprint density at radius 1 is 1.06 bits per heavy atom. The smallest absolute Gasteiger partial charge is 0.155 e. The van der Waals surface area contributed by atoms with E-state index in [1.54, 1.807) is 20.8 Å². The second kappa shape index (κ2) is 6.35. The number of aliphatic hydroxyl groups excluding tert-OH is 2. The van der Waals surface area contributed by atoms with Gasteiger partial charge in [-0.25, -0.2) is 8.42 Å². The second-order valence-corrected chi connectivity index (χ2v) is 9.46. The molecule has 0 aliphatic carbocycles. The van der Waals surface area contributed by atoms with E-state index in [9.17, 15) is 18.6 Å². The topological polar surface area (TPSA) is 74.6 Å². The summed E-state index contributed by atoms with van der Waals surface area (Å²) in [5.41, 5.74) is -0.688. The van der Waals surface area contributed by atoms with Crippen LogP contribution in [-0.4, -0.2) is 42.3 Å². The van der Waals surface area contributed by atoms with Crippen LogP contribution in [0.1, 0.15) is 47.5 Å². The van der Waals surface area contributed by atoms with Crippen molar-refractivity contribution in [3.63, 3.8) is 0 Å². The van der Waals surface area contributed by atoms with E-state index in [4.69, 9.17) is 0 Å². The molecule has 4 nitrogen and oxygen atoms in total. The van der Waals surface area contributed by atoms with Gasteiger partial charge in [0.25, 0.3) is 0 Å². The quantitative estimate of drug-likeness (QED) is 0.743. The number of rotatable bonds is 7. The van der Waals surface area contributed by atoms with Gasteiger partial charge in [0.2, 0.25) is 0 Å². The van der Waals surface area contributed by atoms with Crippen molar-refractivity contribution in [2.24, 2.45) is 11.3 Å². The van der Waals surface area contributed by atoms with Crippen LogP contribution in [0.4, 0.5) is 0 Å². The zero-order valence-electron chi connectivity index (χ0n) is 12.2. The molecule has 18 heavy (non-hydrogen) atoms. The summed E-state index contributed by atoms with van der Waals surface area (Å²) in [4.78, 5) is 0. The van der Waals surface area contributed by atoms with Gasteiger partial charge < -0.3 is 10.2 Å². The minimum Gasteiger partial charge on any atom is -0.396 e. The molecule has 0 heterocycles. The summed E-state index contributed by atoms with van der Waals surface area (Å²) < 4.78 is 23.3. The molecule has 0 aromatic carbocycles. The van der Waals surface area contributed by atoms with E-state index in [1.807, 2.05) is 13.8 Å². The summed E-state index contributed by atoms with van der Waals surface area (Å²) in [5.74, 6) is 0.311. The summed E-state index contributed by atoms with van der Waals surface area (Å²) >= 11 is 0. The lowest BCUT2D eigenvalue weighted by atomic mass is 9.79. The lowest BCUT2D eigenvalue weighted by Crippen LogP contribution is -2.37. The van der Waals surface area contributed by atoms with Crippen molar-refractivity contribution in [2.45, 2.75) is 52.2 Å². The first-order chi connectivity index (χ1) is 7.99. The Labute approximate surface area is 111 Å². The summed E-state index contributed by atoms with van der Waals surface area (Å²) in [6.07, 6.45) is 0.928. The van der Waals surface area contributed by atoms with Crippen molar-refractivity contribution in [1.29, 1.82) is 0 Å².